The van der Waals surface area contributed by atoms with Gasteiger partial charge in [0.05, 0.1) is 6.61 Å². The predicted octanol–water partition coefficient (Wildman–Crippen LogP) is 8.84. The zero-order chi connectivity index (χ0) is 43.6. The van der Waals surface area contributed by atoms with Gasteiger partial charge in [0.2, 0.25) is 0 Å². The second kappa shape index (κ2) is 35.9. The molecule has 1 saturated carbocycles. The summed E-state index contributed by atoms with van der Waals surface area (Å²) in [7, 11) is -5.12. The summed E-state index contributed by atoms with van der Waals surface area (Å²) in [5.74, 6) is -1.11. The highest BCUT2D eigenvalue weighted by molar-refractivity contribution is 7.47. The van der Waals surface area contributed by atoms with Gasteiger partial charge in [-0.15, -0.1) is 0 Å². The fraction of sp³-hybridized carbons (Fsp3) is 0.867. The Morgan fingerprint density at radius 2 is 0.864 bits per heavy atom. The summed E-state index contributed by atoms with van der Waals surface area (Å²) in [5, 5.41) is 50.1. The molecular weight excluding hydrogens is 779 g/mol. The molecule has 6 N–H and O–H groups in total. The molecule has 13 nitrogen and oxygen atoms in total. The molecule has 0 radical (unpaired) electrons. The zero-order valence-corrected chi connectivity index (χ0v) is 37.4. The molecule has 0 spiro atoms. The summed E-state index contributed by atoms with van der Waals surface area (Å²) in [6.45, 7) is 3.26. The largest absolute Gasteiger partial charge is 0.472 e. The number of hydrogen-bond donors (Lipinski definition) is 6. The number of phosphoric acid groups is 1. The Morgan fingerprint density at radius 1 is 0.508 bits per heavy atom. The maximum Gasteiger partial charge on any atom is 0.472 e. The molecule has 1 fully saturated rings. The Balaban J connectivity index is 2.45. The maximum atomic E-state index is 12.8. The molecular formula is C45H83O13P. The lowest BCUT2D eigenvalue weighted by atomic mass is 9.85. The van der Waals surface area contributed by atoms with E-state index >= 15 is 0 Å². The molecule has 14 heteroatoms. The number of esters is 2. The molecule has 346 valence electrons. The van der Waals surface area contributed by atoms with Gasteiger partial charge < -0.3 is 39.9 Å². The van der Waals surface area contributed by atoms with Crippen LogP contribution in [0.5, 0.6) is 0 Å². The topological polar surface area (TPSA) is 210 Å². The summed E-state index contributed by atoms with van der Waals surface area (Å²) in [4.78, 5) is 35.6. The molecule has 6 atom stereocenters. The summed E-state index contributed by atoms with van der Waals surface area (Å²) < 4.78 is 33.5. The number of aliphatic hydroxyl groups excluding tert-OH is 5. The number of unbranched alkanes of at least 4 members (excludes halogenated alkanes) is 22. The monoisotopic (exact) mass is 863 g/mol. The highest BCUT2D eigenvalue weighted by Crippen LogP contribution is 2.47. The highest BCUT2D eigenvalue weighted by atomic mass is 31.2. The van der Waals surface area contributed by atoms with Crippen LogP contribution < -0.4 is 0 Å². The number of ether oxygens (including phenoxy) is 2. The van der Waals surface area contributed by atoms with Gasteiger partial charge in [0, 0.05) is 12.8 Å². The summed E-state index contributed by atoms with van der Waals surface area (Å²) in [5.41, 5.74) is 0. The fourth-order valence-electron chi connectivity index (χ4n) is 6.98. The first kappa shape index (κ1) is 55.3. The third-order valence-corrected chi connectivity index (χ3v) is 11.8. The minimum Gasteiger partial charge on any atom is -0.462 e. The molecule has 1 aliphatic rings. The van der Waals surface area contributed by atoms with Gasteiger partial charge in [-0.3, -0.25) is 18.6 Å². The van der Waals surface area contributed by atoms with E-state index in [9.17, 15) is 44.6 Å². The predicted molar refractivity (Wildman–Crippen MR) is 230 cm³/mol. The summed E-state index contributed by atoms with van der Waals surface area (Å²) in [6.07, 6.45) is 25.2. The Hall–Kier alpha value is -1.67. The third-order valence-electron chi connectivity index (χ3n) is 10.8. The van der Waals surface area contributed by atoms with Crippen molar-refractivity contribution in [2.24, 2.45) is 0 Å². The van der Waals surface area contributed by atoms with Gasteiger partial charge in [-0.1, -0.05) is 141 Å². The number of hydrogen-bond acceptors (Lipinski definition) is 12. The van der Waals surface area contributed by atoms with Crippen molar-refractivity contribution < 1.29 is 63.1 Å². The Kier molecular flexibility index (Phi) is 33.7. The minimum absolute atomic E-state index is 0.0917. The standard InChI is InChI=1S/C45H83O13P/c1-3-5-7-9-11-13-15-17-18-19-20-21-22-24-26-28-30-32-34-39(47)57-37(35-55-38(46)33-31-29-27-25-23-16-14-12-10-8-6-4-2)36-56-59(53,54)58-45-43(51)41(49)40(48)42(50)44(45)52/h12,14,18-19,37,40-45,48-52H,3-11,13,15-17,20-36H2,1-2H3,(H,53,54)/b14-12-,19-18-. The molecule has 0 aromatic heterocycles. The van der Waals surface area contributed by atoms with Crippen LogP contribution in [-0.2, 0) is 32.7 Å². The first-order valence-corrected chi connectivity index (χ1v) is 24.6. The molecule has 0 amide bonds. The van der Waals surface area contributed by atoms with E-state index < -0.39 is 75.7 Å². The highest BCUT2D eigenvalue weighted by Gasteiger charge is 2.51. The average Bonchev–Trinajstić information content (AvgIpc) is 3.21. The number of carbonyl (C=O) groups excluding carboxylic acids is 2. The Morgan fingerprint density at radius 3 is 1.32 bits per heavy atom. The van der Waals surface area contributed by atoms with Crippen LogP contribution in [0, 0.1) is 0 Å². The van der Waals surface area contributed by atoms with Crippen LogP contribution in [0.4, 0.5) is 0 Å². The molecule has 0 bridgehead atoms. The fourth-order valence-corrected chi connectivity index (χ4v) is 7.95. The van der Waals surface area contributed by atoms with Crippen molar-refractivity contribution in [2.75, 3.05) is 13.2 Å². The lowest BCUT2D eigenvalue weighted by molar-refractivity contribution is -0.220. The van der Waals surface area contributed by atoms with Gasteiger partial charge in [0.25, 0.3) is 0 Å². The number of aliphatic hydroxyl groups is 5. The molecule has 0 aromatic carbocycles. The molecule has 59 heavy (non-hydrogen) atoms. The van der Waals surface area contributed by atoms with Crippen LogP contribution in [0.3, 0.4) is 0 Å². The van der Waals surface area contributed by atoms with Gasteiger partial charge in [0.1, 0.15) is 43.2 Å². The van der Waals surface area contributed by atoms with E-state index in [1.807, 2.05) is 0 Å². The third kappa shape index (κ3) is 28.5. The first-order valence-electron chi connectivity index (χ1n) is 23.1. The van der Waals surface area contributed by atoms with E-state index in [0.29, 0.717) is 12.8 Å². The van der Waals surface area contributed by atoms with Crippen molar-refractivity contribution in [3.63, 3.8) is 0 Å². The van der Waals surface area contributed by atoms with Gasteiger partial charge in [-0.05, 0) is 64.2 Å². The quantitative estimate of drug-likeness (QED) is 0.0149. The number of phosphoric ester groups is 1. The molecule has 1 aliphatic carbocycles. The van der Waals surface area contributed by atoms with E-state index in [4.69, 9.17) is 18.5 Å². The van der Waals surface area contributed by atoms with Crippen molar-refractivity contribution >= 4 is 19.8 Å². The molecule has 0 heterocycles. The maximum absolute atomic E-state index is 12.8. The molecule has 0 aromatic rings. The van der Waals surface area contributed by atoms with E-state index in [-0.39, 0.29) is 12.8 Å². The van der Waals surface area contributed by atoms with Crippen LogP contribution >= 0.6 is 7.82 Å². The van der Waals surface area contributed by atoms with Crippen LogP contribution in [0.1, 0.15) is 194 Å². The van der Waals surface area contributed by atoms with E-state index in [1.54, 1.807) is 0 Å². The second-order valence-corrected chi connectivity index (χ2v) is 17.7. The summed E-state index contributed by atoms with van der Waals surface area (Å²) >= 11 is 0. The SMILES string of the molecule is CCCCC/C=C\CCCCCCCC(=O)OCC(COP(=O)(O)OC1C(O)C(O)C(O)C(O)C1O)OC(=O)CCCCCCCCC/C=C\CCCCCCCCC. The lowest BCUT2D eigenvalue weighted by Crippen LogP contribution is -2.64. The van der Waals surface area contributed by atoms with Crippen molar-refractivity contribution in [1.29, 1.82) is 0 Å². The Labute approximate surface area is 356 Å². The van der Waals surface area contributed by atoms with E-state index in [0.717, 1.165) is 70.6 Å². The summed E-state index contributed by atoms with van der Waals surface area (Å²) in [6, 6.07) is 0. The lowest BCUT2D eigenvalue weighted by Gasteiger charge is -2.41. The van der Waals surface area contributed by atoms with Crippen molar-refractivity contribution in [2.45, 2.75) is 236 Å². The van der Waals surface area contributed by atoms with Gasteiger partial charge in [0.15, 0.2) is 6.10 Å². The average molecular weight is 863 g/mol. The van der Waals surface area contributed by atoms with Crippen molar-refractivity contribution in [3.05, 3.63) is 24.3 Å². The smallest absolute Gasteiger partial charge is 0.462 e. The van der Waals surface area contributed by atoms with Crippen LogP contribution in [0.15, 0.2) is 24.3 Å². The minimum atomic E-state index is -5.12. The van der Waals surface area contributed by atoms with E-state index in [1.165, 1.54) is 83.5 Å². The van der Waals surface area contributed by atoms with Crippen molar-refractivity contribution in [1.82, 2.24) is 0 Å². The van der Waals surface area contributed by atoms with Crippen molar-refractivity contribution in [3.8, 4) is 0 Å². The number of allylic oxidation sites excluding steroid dienone is 4. The number of carbonyl (C=O) groups is 2. The zero-order valence-electron chi connectivity index (χ0n) is 36.6. The van der Waals surface area contributed by atoms with E-state index in [2.05, 4.69) is 38.2 Å². The van der Waals surface area contributed by atoms with Crippen LogP contribution in [-0.4, -0.2) is 98.3 Å². The Bertz CT molecular complexity index is 1130. The van der Waals surface area contributed by atoms with Crippen LogP contribution in [0.2, 0.25) is 0 Å². The molecule has 6 unspecified atom stereocenters. The normalized spacial score (nSPS) is 22.5. The first-order chi connectivity index (χ1) is 28.4. The molecule has 0 saturated heterocycles. The van der Waals surface area contributed by atoms with Gasteiger partial charge in [-0.2, -0.15) is 0 Å². The molecule has 1 rings (SSSR count). The molecule has 0 aliphatic heterocycles. The second-order valence-electron chi connectivity index (χ2n) is 16.3. The number of rotatable bonds is 38. The van der Waals surface area contributed by atoms with Crippen LogP contribution in [0.25, 0.3) is 0 Å². The van der Waals surface area contributed by atoms with Gasteiger partial charge >= 0.3 is 19.8 Å². The van der Waals surface area contributed by atoms with Gasteiger partial charge in [-0.25, -0.2) is 4.57 Å².